The molecule has 0 fully saturated rings. The minimum atomic E-state index is -0.838. The molecule has 0 radical (unpaired) electrons. The van der Waals surface area contributed by atoms with E-state index >= 15 is 0 Å². The van der Waals surface area contributed by atoms with E-state index in [0.29, 0.717) is 5.92 Å². The van der Waals surface area contributed by atoms with Crippen LogP contribution in [0.25, 0.3) is 22.2 Å². The number of fused-ring (bicyclic) bond motifs is 1. The summed E-state index contributed by atoms with van der Waals surface area (Å²) in [5.74, 6) is 0.299. The van der Waals surface area contributed by atoms with E-state index in [2.05, 4.69) is 31.0 Å². The number of nitrogens with one attached hydrogen (secondary N) is 1. The van der Waals surface area contributed by atoms with E-state index in [-0.39, 0.29) is 6.42 Å². The summed E-state index contributed by atoms with van der Waals surface area (Å²) >= 11 is 0. The Hall–Kier alpha value is -2.75. The number of benzene rings is 2. The second-order valence-corrected chi connectivity index (χ2v) is 6.24. The van der Waals surface area contributed by atoms with E-state index in [4.69, 9.17) is 4.74 Å². The van der Waals surface area contributed by atoms with E-state index in [0.717, 1.165) is 33.5 Å². The number of carboxylic acids is 1. The van der Waals surface area contributed by atoms with Gasteiger partial charge in [-0.2, -0.15) is 0 Å². The van der Waals surface area contributed by atoms with Gasteiger partial charge in [-0.25, -0.2) is 0 Å². The molecule has 3 rings (SSSR count). The summed E-state index contributed by atoms with van der Waals surface area (Å²) in [6, 6.07) is 13.9. The van der Waals surface area contributed by atoms with Crippen molar-refractivity contribution in [1.29, 1.82) is 0 Å². The lowest BCUT2D eigenvalue weighted by atomic mass is 9.98. The Labute approximate surface area is 141 Å². The van der Waals surface area contributed by atoms with E-state index in [1.54, 1.807) is 7.11 Å². The van der Waals surface area contributed by atoms with Gasteiger partial charge in [0.2, 0.25) is 0 Å². The van der Waals surface area contributed by atoms with Gasteiger partial charge in [-0.1, -0.05) is 32.0 Å². The number of rotatable bonds is 5. The number of methoxy groups -OCH3 is 1. The van der Waals surface area contributed by atoms with Crippen molar-refractivity contribution in [2.45, 2.75) is 26.2 Å². The number of ether oxygens (including phenoxy) is 1. The maximum atomic E-state index is 11.4. The molecule has 0 atom stereocenters. The molecular weight excluding hydrogens is 302 g/mol. The zero-order valence-corrected chi connectivity index (χ0v) is 14.1. The molecule has 2 N–H and O–H groups in total. The van der Waals surface area contributed by atoms with Crippen LogP contribution in [-0.2, 0) is 11.2 Å². The van der Waals surface area contributed by atoms with Crippen molar-refractivity contribution in [3.05, 3.63) is 53.6 Å². The van der Waals surface area contributed by atoms with Gasteiger partial charge in [0.25, 0.3) is 0 Å². The number of aromatic nitrogens is 1. The van der Waals surface area contributed by atoms with Crippen LogP contribution in [-0.4, -0.2) is 23.2 Å². The molecule has 1 heterocycles. The Kier molecular flexibility index (Phi) is 4.30. The lowest BCUT2D eigenvalue weighted by molar-refractivity contribution is -0.136. The molecule has 1 aromatic heterocycles. The third-order valence-electron chi connectivity index (χ3n) is 4.28. The minimum Gasteiger partial charge on any atom is -0.497 e. The Morgan fingerprint density at radius 2 is 2.00 bits per heavy atom. The Balaban J connectivity index is 2.24. The fourth-order valence-electron chi connectivity index (χ4n) is 2.98. The van der Waals surface area contributed by atoms with Crippen molar-refractivity contribution >= 4 is 16.9 Å². The second kappa shape index (κ2) is 6.40. The molecule has 4 nitrogen and oxygen atoms in total. The summed E-state index contributed by atoms with van der Waals surface area (Å²) in [7, 11) is 1.62. The summed E-state index contributed by atoms with van der Waals surface area (Å²) in [5, 5.41) is 10.3. The van der Waals surface area contributed by atoms with Crippen molar-refractivity contribution in [3.63, 3.8) is 0 Å². The first-order chi connectivity index (χ1) is 11.5. The maximum absolute atomic E-state index is 11.4. The molecule has 0 unspecified atom stereocenters. The molecule has 2 aromatic carbocycles. The van der Waals surface area contributed by atoms with Crippen LogP contribution in [0.3, 0.4) is 0 Å². The summed E-state index contributed by atoms with van der Waals surface area (Å²) in [4.78, 5) is 14.8. The van der Waals surface area contributed by atoms with Crippen molar-refractivity contribution in [3.8, 4) is 17.0 Å². The van der Waals surface area contributed by atoms with Gasteiger partial charge in [-0.15, -0.1) is 0 Å². The van der Waals surface area contributed by atoms with Crippen molar-refractivity contribution in [2.24, 2.45) is 0 Å². The van der Waals surface area contributed by atoms with Crippen LogP contribution in [0.4, 0.5) is 0 Å². The highest BCUT2D eigenvalue weighted by Crippen LogP contribution is 2.34. The minimum absolute atomic E-state index is 0.0198. The molecule has 0 aliphatic carbocycles. The topological polar surface area (TPSA) is 62.3 Å². The van der Waals surface area contributed by atoms with Crippen LogP contribution in [0.1, 0.15) is 30.9 Å². The first-order valence-corrected chi connectivity index (χ1v) is 8.00. The fraction of sp³-hybridized carbons (Fsp3) is 0.250. The van der Waals surface area contributed by atoms with Crippen LogP contribution < -0.4 is 4.74 Å². The monoisotopic (exact) mass is 323 g/mol. The quantitative estimate of drug-likeness (QED) is 0.721. The molecule has 0 saturated heterocycles. The van der Waals surface area contributed by atoms with Crippen molar-refractivity contribution in [2.75, 3.05) is 7.11 Å². The van der Waals surface area contributed by atoms with E-state index in [1.807, 2.05) is 30.3 Å². The predicted octanol–water partition coefficient (Wildman–Crippen LogP) is 4.59. The summed E-state index contributed by atoms with van der Waals surface area (Å²) in [6.07, 6.45) is -0.0198. The molecular formula is C20H21NO3. The zero-order valence-electron chi connectivity index (χ0n) is 14.1. The zero-order chi connectivity index (χ0) is 17.3. The molecule has 0 aliphatic rings. The number of hydrogen-bond donors (Lipinski definition) is 2. The predicted molar refractivity (Wildman–Crippen MR) is 95.7 cm³/mol. The molecule has 0 bridgehead atoms. The van der Waals surface area contributed by atoms with Gasteiger partial charge >= 0.3 is 5.97 Å². The molecule has 0 saturated carbocycles. The number of aliphatic carboxylic acids is 1. The van der Waals surface area contributed by atoms with Crippen LogP contribution in [0.2, 0.25) is 0 Å². The standard InChI is InChI=1S/C20H21NO3/c1-12(2)13-7-8-18-16(10-13)17(11-19(22)23)20(21-18)14-5-4-6-15(9-14)24-3/h4-10,12,21H,11H2,1-3H3,(H,22,23). The van der Waals surface area contributed by atoms with Crippen molar-refractivity contribution < 1.29 is 14.6 Å². The summed E-state index contributed by atoms with van der Waals surface area (Å²) < 4.78 is 5.29. The molecule has 0 spiro atoms. The van der Waals surface area contributed by atoms with E-state index in [1.165, 1.54) is 5.56 Å². The molecule has 0 aliphatic heterocycles. The number of aromatic amines is 1. The van der Waals surface area contributed by atoms with Crippen LogP contribution in [0.5, 0.6) is 5.75 Å². The SMILES string of the molecule is COc1cccc(-c2[nH]c3ccc(C(C)C)cc3c2CC(=O)O)c1. The Morgan fingerprint density at radius 3 is 2.67 bits per heavy atom. The van der Waals surface area contributed by atoms with Gasteiger partial charge in [0.05, 0.1) is 19.2 Å². The van der Waals surface area contributed by atoms with Crippen LogP contribution in [0, 0.1) is 0 Å². The van der Waals surface area contributed by atoms with Gasteiger partial charge < -0.3 is 14.8 Å². The lowest BCUT2D eigenvalue weighted by Gasteiger charge is -2.07. The van der Waals surface area contributed by atoms with Crippen molar-refractivity contribution in [1.82, 2.24) is 4.98 Å². The highest BCUT2D eigenvalue weighted by Gasteiger charge is 2.17. The number of hydrogen-bond acceptors (Lipinski definition) is 2. The fourth-order valence-corrected chi connectivity index (χ4v) is 2.98. The smallest absolute Gasteiger partial charge is 0.307 e. The second-order valence-electron chi connectivity index (χ2n) is 6.24. The van der Waals surface area contributed by atoms with E-state index < -0.39 is 5.97 Å². The Morgan fingerprint density at radius 1 is 1.21 bits per heavy atom. The first-order valence-electron chi connectivity index (χ1n) is 8.00. The molecule has 3 aromatic rings. The molecule has 124 valence electrons. The van der Waals surface area contributed by atoms with Gasteiger partial charge in [0.15, 0.2) is 0 Å². The number of H-pyrrole nitrogens is 1. The highest BCUT2D eigenvalue weighted by molar-refractivity contribution is 5.94. The van der Waals surface area contributed by atoms with Gasteiger partial charge in [0.1, 0.15) is 5.75 Å². The average molecular weight is 323 g/mol. The van der Waals surface area contributed by atoms with Crippen LogP contribution >= 0.6 is 0 Å². The van der Waals surface area contributed by atoms with Gasteiger partial charge in [-0.05, 0) is 41.3 Å². The van der Waals surface area contributed by atoms with E-state index in [9.17, 15) is 9.90 Å². The summed E-state index contributed by atoms with van der Waals surface area (Å²) in [6.45, 7) is 4.27. The third kappa shape index (κ3) is 3.00. The number of carbonyl (C=O) groups is 1. The Bertz CT molecular complexity index is 893. The largest absolute Gasteiger partial charge is 0.497 e. The van der Waals surface area contributed by atoms with Crippen LogP contribution in [0.15, 0.2) is 42.5 Å². The third-order valence-corrected chi connectivity index (χ3v) is 4.28. The highest BCUT2D eigenvalue weighted by atomic mass is 16.5. The lowest BCUT2D eigenvalue weighted by Crippen LogP contribution is -2.01. The van der Waals surface area contributed by atoms with Gasteiger partial charge in [0, 0.05) is 16.5 Å². The normalized spacial score (nSPS) is 11.2. The summed E-state index contributed by atoms with van der Waals surface area (Å²) in [5.41, 5.74) is 4.73. The molecule has 0 amide bonds. The molecule has 24 heavy (non-hydrogen) atoms. The maximum Gasteiger partial charge on any atom is 0.307 e. The number of carboxylic acid groups (broad SMARTS) is 1. The van der Waals surface area contributed by atoms with Gasteiger partial charge in [-0.3, -0.25) is 4.79 Å². The first kappa shape index (κ1) is 16.1. The molecule has 4 heteroatoms. The average Bonchev–Trinajstić information content (AvgIpc) is 2.92.